The molecule has 0 saturated carbocycles. The highest BCUT2D eigenvalue weighted by atomic mass is 16.4. The van der Waals surface area contributed by atoms with Gasteiger partial charge in [-0.25, -0.2) is 0 Å². The van der Waals surface area contributed by atoms with Crippen molar-refractivity contribution in [2.45, 2.75) is 27.7 Å². The van der Waals surface area contributed by atoms with Crippen LogP contribution >= 0.6 is 0 Å². The van der Waals surface area contributed by atoms with Crippen LogP contribution < -0.4 is 0 Å². The van der Waals surface area contributed by atoms with E-state index in [1.54, 1.807) is 6.92 Å². The number of aliphatic carboxylic acids is 1. The summed E-state index contributed by atoms with van der Waals surface area (Å²) < 4.78 is 5.75. The largest absolute Gasteiger partial charge is 0.480 e. The second-order valence-electron chi connectivity index (χ2n) is 5.17. The molecule has 5 nitrogen and oxygen atoms in total. The summed E-state index contributed by atoms with van der Waals surface area (Å²) in [5, 5.41) is 9.82. The molecule has 1 aromatic carbocycles. The minimum Gasteiger partial charge on any atom is -0.480 e. The number of hydrogen-bond donors (Lipinski definition) is 1. The molecule has 1 aromatic heterocycles. The Hall–Kier alpha value is -2.30. The molecule has 0 unspecified atom stereocenters. The monoisotopic (exact) mass is 289 g/mol. The number of carbonyl (C=O) groups is 2. The predicted molar refractivity (Wildman–Crippen MR) is 79.6 cm³/mol. The third-order valence-corrected chi connectivity index (χ3v) is 3.67. The van der Waals surface area contributed by atoms with Gasteiger partial charge in [0.25, 0.3) is 5.91 Å². The Labute approximate surface area is 123 Å². The van der Waals surface area contributed by atoms with Crippen molar-refractivity contribution in [3.8, 4) is 0 Å². The first kappa shape index (κ1) is 15.1. The van der Waals surface area contributed by atoms with E-state index < -0.39 is 5.97 Å². The molecular formula is C16H19NO4. The highest BCUT2D eigenvalue weighted by molar-refractivity contribution is 6.01. The zero-order valence-electron chi connectivity index (χ0n) is 12.7. The minimum atomic E-state index is -1.04. The summed E-state index contributed by atoms with van der Waals surface area (Å²) in [6.07, 6.45) is 0. The van der Waals surface area contributed by atoms with E-state index in [1.807, 2.05) is 32.9 Å². The SMILES string of the molecule is CCN(CC(=O)O)C(=O)c1oc2c(C)ccc(C)c2c1C. The molecule has 5 heteroatoms. The van der Waals surface area contributed by atoms with Crippen LogP contribution in [0.25, 0.3) is 11.0 Å². The summed E-state index contributed by atoms with van der Waals surface area (Å²) in [6.45, 7) is 7.46. The van der Waals surface area contributed by atoms with E-state index in [2.05, 4.69) is 0 Å². The Morgan fingerprint density at radius 3 is 2.33 bits per heavy atom. The van der Waals surface area contributed by atoms with Crippen LogP contribution in [0.2, 0.25) is 0 Å². The van der Waals surface area contributed by atoms with Crippen molar-refractivity contribution in [2.75, 3.05) is 13.1 Å². The van der Waals surface area contributed by atoms with E-state index in [4.69, 9.17) is 9.52 Å². The Kier molecular flexibility index (Phi) is 4.02. The van der Waals surface area contributed by atoms with Crippen molar-refractivity contribution in [3.63, 3.8) is 0 Å². The van der Waals surface area contributed by atoms with Crippen molar-refractivity contribution in [1.29, 1.82) is 0 Å². The molecule has 2 rings (SSSR count). The first-order valence-corrected chi connectivity index (χ1v) is 6.87. The molecule has 0 spiro atoms. The van der Waals surface area contributed by atoms with Gasteiger partial charge in [-0.1, -0.05) is 12.1 Å². The topological polar surface area (TPSA) is 70.8 Å². The molecule has 112 valence electrons. The summed E-state index contributed by atoms with van der Waals surface area (Å²) in [6, 6.07) is 3.94. The maximum atomic E-state index is 12.5. The number of furan rings is 1. The Bertz CT molecular complexity index is 715. The number of benzene rings is 1. The fourth-order valence-corrected chi connectivity index (χ4v) is 2.51. The average molecular weight is 289 g/mol. The lowest BCUT2D eigenvalue weighted by Gasteiger charge is -2.17. The maximum absolute atomic E-state index is 12.5. The summed E-state index contributed by atoms with van der Waals surface area (Å²) in [5.74, 6) is -1.19. The number of hydrogen-bond acceptors (Lipinski definition) is 3. The van der Waals surface area contributed by atoms with Crippen molar-refractivity contribution in [2.24, 2.45) is 0 Å². The zero-order valence-corrected chi connectivity index (χ0v) is 12.7. The molecule has 0 radical (unpaired) electrons. The Morgan fingerprint density at radius 1 is 1.19 bits per heavy atom. The quantitative estimate of drug-likeness (QED) is 0.939. The lowest BCUT2D eigenvalue weighted by molar-refractivity contribution is -0.137. The second kappa shape index (κ2) is 5.60. The molecule has 1 heterocycles. The van der Waals surface area contributed by atoms with Crippen LogP contribution in [0.4, 0.5) is 0 Å². The van der Waals surface area contributed by atoms with Crippen LogP contribution in [0.5, 0.6) is 0 Å². The molecule has 1 amide bonds. The van der Waals surface area contributed by atoms with Crippen LogP contribution in [-0.4, -0.2) is 35.0 Å². The maximum Gasteiger partial charge on any atom is 0.323 e. The molecule has 2 aromatic rings. The lowest BCUT2D eigenvalue weighted by atomic mass is 10.0. The Balaban J connectivity index is 2.54. The average Bonchev–Trinajstić information content (AvgIpc) is 2.78. The van der Waals surface area contributed by atoms with Crippen molar-refractivity contribution >= 4 is 22.8 Å². The van der Waals surface area contributed by atoms with E-state index >= 15 is 0 Å². The van der Waals surface area contributed by atoms with Crippen LogP contribution in [0.15, 0.2) is 16.5 Å². The van der Waals surface area contributed by atoms with E-state index in [9.17, 15) is 9.59 Å². The van der Waals surface area contributed by atoms with Gasteiger partial charge in [0, 0.05) is 17.5 Å². The number of carboxylic acids is 1. The van der Waals surface area contributed by atoms with Gasteiger partial charge in [0.05, 0.1) is 0 Å². The van der Waals surface area contributed by atoms with Crippen LogP contribution in [-0.2, 0) is 4.79 Å². The molecule has 0 aliphatic heterocycles. The fourth-order valence-electron chi connectivity index (χ4n) is 2.51. The summed E-state index contributed by atoms with van der Waals surface area (Å²) >= 11 is 0. The van der Waals surface area contributed by atoms with E-state index in [1.165, 1.54) is 4.90 Å². The highest BCUT2D eigenvalue weighted by Crippen LogP contribution is 2.31. The summed E-state index contributed by atoms with van der Waals surface area (Å²) in [4.78, 5) is 24.6. The molecule has 1 N–H and O–H groups in total. The first-order valence-electron chi connectivity index (χ1n) is 6.87. The van der Waals surface area contributed by atoms with Gasteiger partial charge in [-0.3, -0.25) is 9.59 Å². The van der Waals surface area contributed by atoms with Gasteiger partial charge in [0.2, 0.25) is 0 Å². The van der Waals surface area contributed by atoms with Gasteiger partial charge in [-0.05, 0) is 38.8 Å². The van der Waals surface area contributed by atoms with Crippen LogP contribution in [0.1, 0.15) is 34.2 Å². The molecule has 0 saturated heterocycles. The molecule has 0 bridgehead atoms. The van der Waals surface area contributed by atoms with Gasteiger partial charge in [-0.2, -0.15) is 0 Å². The number of nitrogens with zero attached hydrogens (tertiary/aromatic N) is 1. The van der Waals surface area contributed by atoms with Crippen molar-refractivity contribution in [3.05, 3.63) is 34.6 Å². The van der Waals surface area contributed by atoms with Gasteiger partial charge < -0.3 is 14.4 Å². The molecule has 0 fully saturated rings. The number of carboxylic acid groups (broad SMARTS) is 1. The van der Waals surface area contributed by atoms with Gasteiger partial charge in [0.15, 0.2) is 5.76 Å². The van der Waals surface area contributed by atoms with E-state index in [0.29, 0.717) is 12.1 Å². The van der Waals surface area contributed by atoms with Crippen molar-refractivity contribution < 1.29 is 19.1 Å². The molecular weight excluding hydrogens is 270 g/mol. The third-order valence-electron chi connectivity index (χ3n) is 3.67. The second-order valence-corrected chi connectivity index (χ2v) is 5.17. The smallest absolute Gasteiger partial charge is 0.323 e. The standard InChI is InChI=1S/C16H19NO4/c1-5-17(8-12(18)19)16(20)15-11(4)13-9(2)6-7-10(3)14(13)21-15/h6-7H,5,8H2,1-4H3,(H,18,19). The number of fused-ring (bicyclic) bond motifs is 1. The number of amides is 1. The van der Waals surface area contributed by atoms with Gasteiger partial charge >= 0.3 is 5.97 Å². The molecule has 0 atom stereocenters. The fraction of sp³-hybridized carbons (Fsp3) is 0.375. The van der Waals surface area contributed by atoms with Crippen LogP contribution in [0, 0.1) is 20.8 Å². The Morgan fingerprint density at radius 2 is 1.81 bits per heavy atom. The minimum absolute atomic E-state index is 0.227. The lowest BCUT2D eigenvalue weighted by Crippen LogP contribution is -2.35. The predicted octanol–water partition coefficient (Wildman–Crippen LogP) is 2.90. The van der Waals surface area contributed by atoms with E-state index in [-0.39, 0.29) is 18.2 Å². The number of carbonyl (C=O) groups excluding carboxylic acids is 1. The number of rotatable bonds is 4. The molecule has 21 heavy (non-hydrogen) atoms. The third kappa shape index (κ3) is 2.63. The summed E-state index contributed by atoms with van der Waals surface area (Å²) in [7, 11) is 0. The molecule has 0 aliphatic carbocycles. The van der Waals surface area contributed by atoms with Crippen LogP contribution in [0.3, 0.4) is 0 Å². The van der Waals surface area contributed by atoms with Gasteiger partial charge in [0.1, 0.15) is 12.1 Å². The van der Waals surface area contributed by atoms with Crippen molar-refractivity contribution in [1.82, 2.24) is 4.90 Å². The van der Waals surface area contributed by atoms with E-state index in [0.717, 1.165) is 22.1 Å². The highest BCUT2D eigenvalue weighted by Gasteiger charge is 2.25. The first-order chi connectivity index (χ1) is 9.86. The zero-order chi connectivity index (χ0) is 15.7. The summed E-state index contributed by atoms with van der Waals surface area (Å²) in [5.41, 5.74) is 3.46. The molecule has 0 aliphatic rings. The normalized spacial score (nSPS) is 10.9. The number of likely N-dealkylation sites (N-methyl/N-ethyl adjacent to an activating group) is 1. The number of aryl methyl sites for hydroxylation is 3. The van der Waals surface area contributed by atoms with Gasteiger partial charge in [-0.15, -0.1) is 0 Å².